The van der Waals surface area contributed by atoms with E-state index in [1.807, 2.05) is 36.2 Å². The van der Waals surface area contributed by atoms with Crippen molar-refractivity contribution in [2.24, 2.45) is 0 Å². The van der Waals surface area contributed by atoms with Crippen molar-refractivity contribution in [3.63, 3.8) is 0 Å². The van der Waals surface area contributed by atoms with Gasteiger partial charge in [0.05, 0.1) is 7.11 Å². The van der Waals surface area contributed by atoms with E-state index in [4.69, 9.17) is 17.0 Å². The van der Waals surface area contributed by atoms with Gasteiger partial charge in [-0.3, -0.25) is 10.1 Å². The van der Waals surface area contributed by atoms with Crippen LogP contribution in [-0.4, -0.2) is 36.1 Å². The van der Waals surface area contributed by atoms with Crippen LogP contribution in [0, 0.1) is 0 Å². The Hall–Kier alpha value is -1.88. The molecular weight excluding hydrogens is 308 g/mol. The number of methoxy groups -OCH3 is 1. The van der Waals surface area contributed by atoms with Crippen molar-refractivity contribution in [1.29, 1.82) is 0 Å². The third kappa shape index (κ3) is 5.36. The number of nitrogens with one attached hydrogen (secondary N) is 1. The minimum absolute atomic E-state index is 0.200. The van der Waals surface area contributed by atoms with Crippen molar-refractivity contribution in [3.8, 4) is 5.75 Å². The number of amides is 1. The van der Waals surface area contributed by atoms with Crippen molar-refractivity contribution in [2.75, 3.05) is 14.2 Å². The van der Waals surface area contributed by atoms with Crippen LogP contribution in [0.15, 0.2) is 30.3 Å². The summed E-state index contributed by atoms with van der Waals surface area (Å²) in [6.45, 7) is 0. The maximum absolute atomic E-state index is 12.0. The van der Waals surface area contributed by atoms with Crippen molar-refractivity contribution in [1.82, 2.24) is 10.2 Å². The molecule has 1 N–H and O–H groups in total. The first-order chi connectivity index (χ1) is 11.1. The maximum atomic E-state index is 12.0. The molecule has 1 aliphatic carbocycles. The Kier molecular flexibility index (Phi) is 6.59. The van der Waals surface area contributed by atoms with Gasteiger partial charge in [-0.2, -0.15) is 0 Å². The molecule has 1 aromatic rings. The molecule has 0 spiro atoms. The molecule has 0 atom stereocenters. The highest BCUT2D eigenvalue weighted by atomic mass is 32.1. The summed E-state index contributed by atoms with van der Waals surface area (Å²) in [4.78, 5) is 14.0. The summed E-state index contributed by atoms with van der Waals surface area (Å²) in [5.74, 6) is 0.593. The molecule has 124 valence electrons. The van der Waals surface area contributed by atoms with Gasteiger partial charge in [-0.25, -0.2) is 0 Å². The zero-order chi connectivity index (χ0) is 16.7. The van der Waals surface area contributed by atoms with E-state index >= 15 is 0 Å². The van der Waals surface area contributed by atoms with Crippen LogP contribution in [0.25, 0.3) is 6.08 Å². The number of carbonyl (C=O) groups excluding carboxylic acids is 1. The lowest BCUT2D eigenvalue weighted by molar-refractivity contribution is -0.115. The second-order valence-corrected chi connectivity index (χ2v) is 6.19. The number of carbonyl (C=O) groups is 1. The van der Waals surface area contributed by atoms with Gasteiger partial charge in [0.25, 0.3) is 0 Å². The first-order valence-corrected chi connectivity index (χ1v) is 8.41. The third-order valence-corrected chi connectivity index (χ3v) is 4.61. The number of hydrogen-bond donors (Lipinski definition) is 1. The molecule has 0 saturated heterocycles. The van der Waals surface area contributed by atoms with Crippen molar-refractivity contribution in [2.45, 2.75) is 38.1 Å². The lowest BCUT2D eigenvalue weighted by atomic mass is 9.95. The Labute approximate surface area is 143 Å². The highest BCUT2D eigenvalue weighted by molar-refractivity contribution is 7.80. The summed E-state index contributed by atoms with van der Waals surface area (Å²) in [6, 6.07) is 7.96. The lowest BCUT2D eigenvalue weighted by Crippen LogP contribution is -2.45. The van der Waals surface area contributed by atoms with Crippen molar-refractivity contribution in [3.05, 3.63) is 35.9 Å². The zero-order valence-electron chi connectivity index (χ0n) is 13.7. The van der Waals surface area contributed by atoms with Crippen LogP contribution in [0.4, 0.5) is 0 Å². The van der Waals surface area contributed by atoms with Crippen LogP contribution >= 0.6 is 12.2 Å². The van der Waals surface area contributed by atoms with Gasteiger partial charge in [0.2, 0.25) is 5.91 Å². The summed E-state index contributed by atoms with van der Waals surface area (Å²) < 4.78 is 5.11. The highest BCUT2D eigenvalue weighted by Crippen LogP contribution is 2.21. The average Bonchev–Trinajstić information content (AvgIpc) is 2.60. The maximum Gasteiger partial charge on any atom is 0.250 e. The normalized spacial score (nSPS) is 15.4. The summed E-state index contributed by atoms with van der Waals surface area (Å²) >= 11 is 5.34. The summed E-state index contributed by atoms with van der Waals surface area (Å²) in [7, 11) is 3.59. The summed E-state index contributed by atoms with van der Waals surface area (Å²) in [5.41, 5.74) is 0.938. The van der Waals surface area contributed by atoms with Gasteiger partial charge >= 0.3 is 0 Å². The average molecular weight is 332 g/mol. The van der Waals surface area contributed by atoms with Crippen LogP contribution in [0.3, 0.4) is 0 Å². The summed E-state index contributed by atoms with van der Waals surface area (Å²) in [6.07, 6.45) is 9.34. The van der Waals surface area contributed by atoms with E-state index < -0.39 is 0 Å². The molecule has 5 heteroatoms. The zero-order valence-corrected chi connectivity index (χ0v) is 14.6. The smallest absolute Gasteiger partial charge is 0.250 e. The first kappa shape index (κ1) is 17.5. The van der Waals surface area contributed by atoms with Gasteiger partial charge in [0, 0.05) is 19.2 Å². The molecular formula is C18H24N2O2S. The molecule has 2 rings (SSSR count). The van der Waals surface area contributed by atoms with Gasteiger partial charge in [-0.1, -0.05) is 31.4 Å². The SMILES string of the molecule is COc1ccc(C=CC(=O)NC(=S)N(C)C2CCCCC2)cc1. The molecule has 0 unspecified atom stereocenters. The molecule has 1 fully saturated rings. The van der Waals surface area contributed by atoms with Gasteiger partial charge < -0.3 is 9.64 Å². The van der Waals surface area contributed by atoms with Gasteiger partial charge in [-0.05, 0) is 48.8 Å². The Morgan fingerprint density at radius 1 is 1.26 bits per heavy atom. The van der Waals surface area contributed by atoms with E-state index in [2.05, 4.69) is 5.32 Å². The van der Waals surface area contributed by atoms with E-state index in [9.17, 15) is 4.79 Å². The molecule has 1 saturated carbocycles. The minimum Gasteiger partial charge on any atom is -0.497 e. The van der Waals surface area contributed by atoms with Crippen LogP contribution in [0.1, 0.15) is 37.7 Å². The van der Waals surface area contributed by atoms with Crippen molar-refractivity contribution < 1.29 is 9.53 Å². The van der Waals surface area contributed by atoms with E-state index in [1.54, 1.807) is 13.2 Å². The molecule has 0 aromatic heterocycles. The second kappa shape index (κ2) is 8.67. The number of ether oxygens (including phenoxy) is 1. The minimum atomic E-state index is -0.200. The number of benzene rings is 1. The Balaban J connectivity index is 1.85. The number of nitrogens with zero attached hydrogens (tertiary/aromatic N) is 1. The lowest BCUT2D eigenvalue weighted by Gasteiger charge is -2.32. The molecule has 1 aromatic carbocycles. The van der Waals surface area contributed by atoms with E-state index in [0.29, 0.717) is 11.2 Å². The Morgan fingerprint density at radius 2 is 1.91 bits per heavy atom. The monoisotopic (exact) mass is 332 g/mol. The fourth-order valence-electron chi connectivity index (χ4n) is 2.76. The molecule has 1 aliphatic rings. The standard InChI is InChI=1S/C18H24N2O2S/c1-20(15-6-4-3-5-7-15)18(23)19-17(21)13-10-14-8-11-16(22-2)12-9-14/h8-13,15H,3-7H2,1-2H3,(H,19,21,23). The predicted octanol–water partition coefficient (Wildman–Crippen LogP) is 3.37. The molecule has 23 heavy (non-hydrogen) atoms. The highest BCUT2D eigenvalue weighted by Gasteiger charge is 2.20. The van der Waals surface area contributed by atoms with E-state index in [-0.39, 0.29) is 5.91 Å². The molecule has 0 radical (unpaired) electrons. The fraction of sp³-hybridized carbons (Fsp3) is 0.444. The topological polar surface area (TPSA) is 41.6 Å². The van der Waals surface area contributed by atoms with Crippen LogP contribution in [0.5, 0.6) is 5.75 Å². The fourth-order valence-corrected chi connectivity index (χ4v) is 3.01. The predicted molar refractivity (Wildman–Crippen MR) is 97.4 cm³/mol. The van der Waals surface area contributed by atoms with Gasteiger partial charge in [0.1, 0.15) is 5.75 Å². The Bertz CT molecular complexity index is 563. The summed E-state index contributed by atoms with van der Waals surface area (Å²) in [5, 5.41) is 3.28. The number of thiocarbonyl (C=S) groups is 1. The quantitative estimate of drug-likeness (QED) is 0.678. The van der Waals surface area contributed by atoms with Crippen LogP contribution in [0.2, 0.25) is 0 Å². The molecule has 0 heterocycles. The number of rotatable bonds is 4. The molecule has 0 bridgehead atoms. The Morgan fingerprint density at radius 3 is 2.52 bits per heavy atom. The molecule has 4 nitrogen and oxygen atoms in total. The van der Waals surface area contributed by atoms with E-state index in [0.717, 1.165) is 24.2 Å². The molecule has 1 amide bonds. The van der Waals surface area contributed by atoms with Gasteiger partial charge in [0.15, 0.2) is 5.11 Å². The van der Waals surface area contributed by atoms with E-state index in [1.165, 1.54) is 25.3 Å². The van der Waals surface area contributed by atoms with Crippen LogP contribution < -0.4 is 10.1 Å². The van der Waals surface area contributed by atoms with Crippen molar-refractivity contribution >= 4 is 29.3 Å². The van der Waals surface area contributed by atoms with Crippen LogP contribution in [-0.2, 0) is 4.79 Å². The first-order valence-electron chi connectivity index (χ1n) is 8.00. The third-order valence-electron chi connectivity index (χ3n) is 4.22. The number of hydrogen-bond acceptors (Lipinski definition) is 3. The van der Waals surface area contributed by atoms with Gasteiger partial charge in [-0.15, -0.1) is 0 Å². The molecule has 0 aliphatic heterocycles. The largest absolute Gasteiger partial charge is 0.497 e. The second-order valence-electron chi connectivity index (χ2n) is 5.80.